The van der Waals surface area contributed by atoms with Crippen LogP contribution in [0.25, 0.3) is 0 Å². The van der Waals surface area contributed by atoms with Crippen molar-refractivity contribution >= 4 is 11.9 Å². The average Bonchev–Trinajstić information content (AvgIpc) is 3.34. The maximum absolute atomic E-state index is 13.8. The van der Waals surface area contributed by atoms with Crippen molar-refractivity contribution in [1.29, 1.82) is 0 Å². The minimum atomic E-state index is -4.60. The van der Waals surface area contributed by atoms with Gasteiger partial charge in [0.15, 0.2) is 5.96 Å². The van der Waals surface area contributed by atoms with Gasteiger partial charge in [-0.25, -0.2) is 29.6 Å². The highest BCUT2D eigenvalue weighted by Crippen LogP contribution is 2.33. The van der Waals surface area contributed by atoms with Crippen molar-refractivity contribution in [2.75, 3.05) is 27.3 Å². The fraction of sp³-hybridized carbons (Fsp3) is 0.900. The summed E-state index contributed by atoms with van der Waals surface area (Å²) < 4.78 is 72.9. The zero-order chi connectivity index (χ0) is 25.0. The van der Waals surface area contributed by atoms with Crippen molar-refractivity contribution in [2.45, 2.75) is 75.4 Å². The second-order valence-corrected chi connectivity index (χ2v) is 9.41. The topological polar surface area (TPSA) is 102 Å². The number of methoxy groups -OCH3 is 1. The fourth-order valence-corrected chi connectivity index (χ4v) is 4.82. The number of rotatable bonds is 6. The number of carbonyl (C=O) groups is 1. The van der Waals surface area contributed by atoms with Crippen molar-refractivity contribution in [1.82, 2.24) is 31.9 Å². The van der Waals surface area contributed by atoms with Crippen LogP contribution in [0, 0.1) is 11.8 Å². The summed E-state index contributed by atoms with van der Waals surface area (Å²) >= 11 is 0. The Kier molecular flexibility index (Phi) is 9.06. The highest BCUT2D eigenvalue weighted by atomic mass is 19.4. The van der Waals surface area contributed by atoms with Crippen molar-refractivity contribution in [3.63, 3.8) is 0 Å². The molecular formula is C20H34F5N7O2. The maximum Gasteiger partial charge on any atom is 0.405 e. The van der Waals surface area contributed by atoms with Crippen LogP contribution in [0.5, 0.6) is 0 Å². The molecule has 196 valence electrons. The summed E-state index contributed by atoms with van der Waals surface area (Å²) in [6.07, 6.45) is -6.71. The number of ether oxygens (including phenoxy) is 1. The van der Waals surface area contributed by atoms with Gasteiger partial charge in [-0.3, -0.25) is 15.5 Å². The second kappa shape index (κ2) is 11.4. The van der Waals surface area contributed by atoms with Crippen LogP contribution in [0.2, 0.25) is 0 Å². The number of guanidine groups is 1. The van der Waals surface area contributed by atoms with Gasteiger partial charge in [-0.2, -0.15) is 13.2 Å². The van der Waals surface area contributed by atoms with Gasteiger partial charge in [0.2, 0.25) is 5.91 Å². The largest absolute Gasteiger partial charge is 0.405 e. The molecule has 0 spiro atoms. The number of aliphatic imine (C=N–C) groups is 1. The zero-order valence-corrected chi connectivity index (χ0v) is 19.5. The number of halogens is 5. The minimum Gasteiger partial charge on any atom is -0.383 e. The van der Waals surface area contributed by atoms with Gasteiger partial charge in [-0.1, -0.05) is 0 Å². The molecule has 3 aliphatic rings. The standard InChI is InChI=1S/C20H34F5N7O2/c1-10(9-34-3)26-19(28-18(33)14-8-32(2)31-17(14)20(23,24)25)27-16-7-15(29-30-16)11-4-12(21)6-13(22)5-11/h10-17,29-31H,4-9H2,1-3H3,(H2,26,27,28,33)/t10-,11?,12?,13?,14?,15?,16?,17?/m0/s1. The molecule has 2 saturated heterocycles. The number of nitrogens with zero attached hydrogens (tertiary/aromatic N) is 2. The lowest BCUT2D eigenvalue weighted by Gasteiger charge is -2.31. The van der Waals surface area contributed by atoms with E-state index < -0.39 is 42.6 Å². The third-order valence-corrected chi connectivity index (χ3v) is 6.36. The molecule has 34 heavy (non-hydrogen) atoms. The Bertz CT molecular complexity index is 718. The quantitative estimate of drug-likeness (QED) is 0.209. The van der Waals surface area contributed by atoms with E-state index in [1.54, 1.807) is 6.92 Å². The first-order chi connectivity index (χ1) is 16.0. The average molecular weight is 500 g/mol. The molecule has 0 radical (unpaired) electrons. The van der Waals surface area contributed by atoms with E-state index in [2.05, 4.69) is 31.9 Å². The van der Waals surface area contributed by atoms with Gasteiger partial charge < -0.3 is 10.1 Å². The van der Waals surface area contributed by atoms with Crippen molar-refractivity contribution < 1.29 is 31.5 Å². The van der Waals surface area contributed by atoms with Crippen LogP contribution in [-0.4, -0.2) is 87.0 Å². The van der Waals surface area contributed by atoms with Crippen LogP contribution in [0.3, 0.4) is 0 Å². The third-order valence-electron chi connectivity index (χ3n) is 6.36. The van der Waals surface area contributed by atoms with E-state index in [-0.39, 0.29) is 56.4 Å². The van der Waals surface area contributed by atoms with E-state index in [0.29, 0.717) is 6.42 Å². The molecule has 1 saturated carbocycles. The van der Waals surface area contributed by atoms with E-state index in [4.69, 9.17) is 4.74 Å². The van der Waals surface area contributed by atoms with Gasteiger partial charge in [-0.05, 0) is 25.7 Å². The summed E-state index contributed by atoms with van der Waals surface area (Å²) in [4.78, 5) is 17.2. The van der Waals surface area contributed by atoms with Crippen LogP contribution >= 0.6 is 0 Å². The van der Waals surface area contributed by atoms with Gasteiger partial charge in [0.25, 0.3) is 0 Å². The molecule has 3 fully saturated rings. The van der Waals surface area contributed by atoms with E-state index in [1.165, 1.54) is 19.2 Å². The predicted molar refractivity (Wildman–Crippen MR) is 115 cm³/mol. The molecule has 0 bridgehead atoms. The van der Waals surface area contributed by atoms with Gasteiger partial charge >= 0.3 is 6.18 Å². The molecule has 2 heterocycles. The van der Waals surface area contributed by atoms with E-state index >= 15 is 0 Å². The Morgan fingerprint density at radius 1 is 1.18 bits per heavy atom. The summed E-state index contributed by atoms with van der Waals surface area (Å²) in [5.41, 5.74) is 8.23. The number of hydrogen-bond donors (Lipinski definition) is 5. The molecule has 0 aromatic carbocycles. The molecule has 3 rings (SSSR count). The second-order valence-electron chi connectivity index (χ2n) is 9.41. The van der Waals surface area contributed by atoms with Crippen LogP contribution in [0.4, 0.5) is 22.0 Å². The van der Waals surface area contributed by atoms with Crippen LogP contribution < -0.4 is 26.9 Å². The first-order valence-corrected chi connectivity index (χ1v) is 11.4. The number of alkyl halides is 5. The lowest BCUT2D eigenvalue weighted by Crippen LogP contribution is -2.53. The van der Waals surface area contributed by atoms with Gasteiger partial charge in [0, 0.05) is 45.6 Å². The summed E-state index contributed by atoms with van der Waals surface area (Å²) in [5.74, 6) is -2.41. The molecule has 7 atom stereocenters. The van der Waals surface area contributed by atoms with Crippen LogP contribution in [-0.2, 0) is 9.53 Å². The van der Waals surface area contributed by atoms with Crippen molar-refractivity contribution in [3.8, 4) is 0 Å². The Morgan fingerprint density at radius 3 is 2.47 bits per heavy atom. The van der Waals surface area contributed by atoms with E-state index in [0.717, 1.165) is 0 Å². The third kappa shape index (κ3) is 7.20. The fourth-order valence-electron chi connectivity index (χ4n) is 4.82. The number of hydrazine groups is 2. The molecule has 1 amide bonds. The first kappa shape index (κ1) is 27.0. The van der Waals surface area contributed by atoms with Crippen molar-refractivity contribution in [3.05, 3.63) is 0 Å². The molecule has 0 aromatic heterocycles. The lowest BCUT2D eigenvalue weighted by atomic mass is 9.81. The number of nitrogens with one attached hydrogen (secondary N) is 5. The predicted octanol–water partition coefficient (Wildman–Crippen LogP) is 0.749. The number of amides is 1. The SMILES string of the molecule is COC[C@H](C)N/C(=N/C1CC(C2CC(F)CC(F)C2)NN1)NC(=O)C1CN(C)NC1C(F)(F)F. The van der Waals surface area contributed by atoms with Crippen molar-refractivity contribution in [2.24, 2.45) is 16.8 Å². The first-order valence-electron chi connectivity index (χ1n) is 11.4. The lowest BCUT2D eigenvalue weighted by molar-refractivity contribution is -0.168. The Hall–Kier alpha value is -1.61. The Labute approximate surface area is 195 Å². The van der Waals surface area contributed by atoms with Gasteiger partial charge in [0.1, 0.15) is 24.6 Å². The molecule has 14 heteroatoms. The van der Waals surface area contributed by atoms with Crippen LogP contribution in [0.1, 0.15) is 32.6 Å². The monoisotopic (exact) mass is 499 g/mol. The summed E-state index contributed by atoms with van der Waals surface area (Å²) in [6.45, 7) is 1.91. The number of hydrogen-bond acceptors (Lipinski definition) is 7. The minimum absolute atomic E-state index is 0.000331. The zero-order valence-electron chi connectivity index (χ0n) is 19.5. The summed E-state index contributed by atoms with van der Waals surface area (Å²) in [6, 6.07) is -2.53. The van der Waals surface area contributed by atoms with Crippen LogP contribution in [0.15, 0.2) is 4.99 Å². The molecule has 2 aliphatic heterocycles. The molecule has 0 aromatic rings. The molecule has 1 aliphatic carbocycles. The molecule has 6 unspecified atom stereocenters. The highest BCUT2D eigenvalue weighted by molar-refractivity contribution is 5.98. The smallest absolute Gasteiger partial charge is 0.383 e. The van der Waals surface area contributed by atoms with Gasteiger partial charge in [0.05, 0.1) is 12.5 Å². The summed E-state index contributed by atoms with van der Waals surface area (Å²) in [5, 5.41) is 6.69. The molecule has 9 nitrogen and oxygen atoms in total. The number of carbonyl (C=O) groups excluding carboxylic acids is 1. The Morgan fingerprint density at radius 2 is 1.85 bits per heavy atom. The molecular weight excluding hydrogens is 465 g/mol. The van der Waals surface area contributed by atoms with E-state index in [1.807, 2.05) is 0 Å². The maximum atomic E-state index is 13.8. The summed E-state index contributed by atoms with van der Waals surface area (Å²) in [7, 11) is 2.93. The van der Waals surface area contributed by atoms with Gasteiger partial charge in [-0.15, -0.1) is 0 Å². The molecule has 5 N–H and O–H groups in total. The van der Waals surface area contributed by atoms with E-state index in [9.17, 15) is 26.7 Å². The normalized spacial score (nSPS) is 36.5. The highest BCUT2D eigenvalue weighted by Gasteiger charge is 2.52. The Balaban J connectivity index is 1.68.